The Morgan fingerprint density at radius 3 is 2.59 bits per heavy atom. The van der Waals surface area contributed by atoms with Gasteiger partial charge in [-0.25, -0.2) is 4.98 Å². The van der Waals surface area contributed by atoms with Crippen molar-refractivity contribution < 1.29 is 9.32 Å². The number of rotatable bonds is 5. The summed E-state index contributed by atoms with van der Waals surface area (Å²) in [6.07, 6.45) is 0. The number of carbonyl (C=O) groups excluding carboxylic acids is 1. The number of fused-ring (bicyclic) bond motifs is 1. The van der Waals surface area contributed by atoms with Crippen molar-refractivity contribution in [2.24, 2.45) is 0 Å². The number of hydrogen-bond donors (Lipinski definition) is 1. The van der Waals surface area contributed by atoms with E-state index in [0.717, 1.165) is 60.2 Å². The Labute approximate surface area is 203 Å². The SMILES string of the molecule is CCN1CCN(c2ccccc2NC(=O)c2cc(-c3cc(C)sc3C)nc3onc(C)c23)CC1. The molecule has 0 atom stereocenters. The van der Waals surface area contributed by atoms with Gasteiger partial charge in [-0.05, 0) is 51.6 Å². The number of aryl methyl sites for hydroxylation is 3. The van der Waals surface area contributed by atoms with E-state index in [2.05, 4.69) is 58.2 Å². The van der Waals surface area contributed by atoms with Crippen molar-refractivity contribution in [2.45, 2.75) is 27.7 Å². The zero-order valence-corrected chi connectivity index (χ0v) is 20.8. The lowest BCUT2D eigenvalue weighted by Crippen LogP contribution is -2.46. The van der Waals surface area contributed by atoms with E-state index < -0.39 is 0 Å². The summed E-state index contributed by atoms with van der Waals surface area (Å²) in [5.74, 6) is -0.191. The molecule has 0 radical (unpaired) electrons. The summed E-state index contributed by atoms with van der Waals surface area (Å²) >= 11 is 1.72. The number of benzene rings is 1. The van der Waals surface area contributed by atoms with Crippen LogP contribution < -0.4 is 10.2 Å². The predicted molar refractivity (Wildman–Crippen MR) is 138 cm³/mol. The zero-order chi connectivity index (χ0) is 23.8. The van der Waals surface area contributed by atoms with E-state index in [1.165, 1.54) is 4.88 Å². The quantitative estimate of drug-likeness (QED) is 0.424. The van der Waals surface area contributed by atoms with Gasteiger partial charge in [0.05, 0.1) is 33.7 Å². The van der Waals surface area contributed by atoms with Gasteiger partial charge in [-0.3, -0.25) is 4.79 Å². The molecule has 1 fully saturated rings. The number of thiophene rings is 1. The van der Waals surface area contributed by atoms with Gasteiger partial charge in [0.1, 0.15) is 0 Å². The molecule has 1 saturated heterocycles. The van der Waals surface area contributed by atoms with Gasteiger partial charge in [0.2, 0.25) is 0 Å². The number of aromatic nitrogens is 2. The first-order chi connectivity index (χ1) is 16.4. The molecule has 34 heavy (non-hydrogen) atoms. The van der Waals surface area contributed by atoms with Gasteiger partial charge >= 0.3 is 0 Å². The van der Waals surface area contributed by atoms with Crippen LogP contribution in [0, 0.1) is 20.8 Å². The predicted octanol–water partition coefficient (Wildman–Crippen LogP) is 5.27. The van der Waals surface area contributed by atoms with Crippen LogP contribution in [-0.4, -0.2) is 53.7 Å². The Morgan fingerprint density at radius 2 is 1.88 bits per heavy atom. The number of likely N-dealkylation sites (N-methyl/N-ethyl adjacent to an activating group) is 1. The smallest absolute Gasteiger partial charge is 0.259 e. The van der Waals surface area contributed by atoms with Gasteiger partial charge in [0, 0.05) is 41.5 Å². The fourth-order valence-electron chi connectivity index (χ4n) is 4.65. The van der Waals surface area contributed by atoms with Crippen LogP contribution in [0.5, 0.6) is 0 Å². The number of pyridine rings is 1. The molecule has 7 nitrogen and oxygen atoms in total. The van der Waals surface area contributed by atoms with Gasteiger partial charge in [0.15, 0.2) is 0 Å². The highest BCUT2D eigenvalue weighted by Gasteiger charge is 2.23. The van der Waals surface area contributed by atoms with Gasteiger partial charge in [0.25, 0.3) is 11.6 Å². The van der Waals surface area contributed by atoms with E-state index in [1.807, 2.05) is 31.2 Å². The average Bonchev–Trinajstić information content (AvgIpc) is 3.39. The monoisotopic (exact) mass is 475 g/mol. The van der Waals surface area contributed by atoms with Crippen LogP contribution in [0.2, 0.25) is 0 Å². The van der Waals surface area contributed by atoms with Crippen LogP contribution in [-0.2, 0) is 0 Å². The van der Waals surface area contributed by atoms with Gasteiger partial charge in [-0.2, -0.15) is 0 Å². The van der Waals surface area contributed by atoms with Crippen molar-refractivity contribution in [3.63, 3.8) is 0 Å². The van der Waals surface area contributed by atoms with Crippen LogP contribution in [0.15, 0.2) is 40.9 Å². The molecule has 0 saturated carbocycles. The van der Waals surface area contributed by atoms with Crippen LogP contribution in [0.1, 0.15) is 32.7 Å². The molecule has 1 aliphatic heterocycles. The summed E-state index contributed by atoms with van der Waals surface area (Å²) in [4.78, 5) is 25.5. The molecule has 1 aliphatic rings. The number of amides is 1. The van der Waals surface area contributed by atoms with Crippen molar-refractivity contribution in [1.82, 2.24) is 15.0 Å². The third kappa shape index (κ3) is 4.19. The molecular weight excluding hydrogens is 446 g/mol. The van der Waals surface area contributed by atoms with E-state index in [1.54, 1.807) is 11.3 Å². The Kier molecular flexibility index (Phi) is 6.10. The number of nitrogens with one attached hydrogen (secondary N) is 1. The minimum atomic E-state index is -0.191. The maximum absolute atomic E-state index is 13.7. The van der Waals surface area contributed by atoms with Gasteiger partial charge in [-0.1, -0.05) is 24.2 Å². The number of carbonyl (C=O) groups is 1. The van der Waals surface area contributed by atoms with Crippen LogP contribution in [0.25, 0.3) is 22.4 Å². The van der Waals surface area contributed by atoms with Crippen LogP contribution >= 0.6 is 11.3 Å². The van der Waals surface area contributed by atoms with Gasteiger partial charge in [-0.15, -0.1) is 11.3 Å². The van der Waals surface area contributed by atoms with Crippen molar-refractivity contribution in [2.75, 3.05) is 42.9 Å². The van der Waals surface area contributed by atoms with E-state index in [4.69, 9.17) is 4.52 Å². The second-order valence-corrected chi connectivity index (χ2v) is 10.2. The largest absolute Gasteiger partial charge is 0.367 e. The summed E-state index contributed by atoms with van der Waals surface area (Å²) in [7, 11) is 0. The highest BCUT2D eigenvalue weighted by atomic mass is 32.1. The van der Waals surface area contributed by atoms with Crippen molar-refractivity contribution in [1.29, 1.82) is 0 Å². The number of piperazine rings is 1. The van der Waals surface area contributed by atoms with Crippen molar-refractivity contribution in [3.8, 4) is 11.3 Å². The van der Waals surface area contributed by atoms with Crippen molar-refractivity contribution >= 4 is 39.7 Å². The second-order valence-electron chi connectivity index (χ2n) is 8.72. The van der Waals surface area contributed by atoms with E-state index in [9.17, 15) is 4.79 Å². The fourth-order valence-corrected chi connectivity index (χ4v) is 5.58. The Hall–Kier alpha value is -3.23. The molecule has 1 amide bonds. The first kappa shape index (κ1) is 22.6. The summed E-state index contributed by atoms with van der Waals surface area (Å²) in [6.45, 7) is 13.1. The molecule has 1 aromatic carbocycles. The number of anilines is 2. The molecule has 0 aliphatic carbocycles. The van der Waals surface area contributed by atoms with E-state index in [-0.39, 0.29) is 5.91 Å². The highest BCUT2D eigenvalue weighted by Crippen LogP contribution is 2.34. The molecular formula is C26H29N5O2S. The summed E-state index contributed by atoms with van der Waals surface area (Å²) in [6, 6.07) is 12.0. The normalized spacial score (nSPS) is 14.6. The lowest BCUT2D eigenvalue weighted by atomic mass is 10.1. The molecule has 1 N–H and O–H groups in total. The topological polar surface area (TPSA) is 74.5 Å². The van der Waals surface area contributed by atoms with Crippen LogP contribution in [0.3, 0.4) is 0 Å². The summed E-state index contributed by atoms with van der Waals surface area (Å²) in [5.41, 5.74) is 5.15. The standard InChI is InChI=1S/C26H29N5O2S/c1-5-30-10-12-31(13-11-30)23-9-7-6-8-21(23)27-25(32)20-15-22(19-14-16(2)34-18(19)4)28-26-24(20)17(3)29-33-26/h6-9,14-15H,5,10-13H2,1-4H3,(H,27,32). The number of hydrogen-bond acceptors (Lipinski definition) is 7. The van der Waals surface area contributed by atoms with Crippen LogP contribution in [0.4, 0.5) is 11.4 Å². The molecule has 0 spiro atoms. The fraction of sp³-hybridized carbons (Fsp3) is 0.346. The molecule has 4 heterocycles. The van der Waals surface area contributed by atoms with E-state index >= 15 is 0 Å². The molecule has 0 bridgehead atoms. The maximum atomic E-state index is 13.7. The molecule has 8 heteroatoms. The molecule has 4 aromatic rings. The third-order valence-corrected chi connectivity index (χ3v) is 7.46. The third-order valence-electron chi connectivity index (χ3n) is 6.49. The number of para-hydroxylation sites is 2. The lowest BCUT2D eigenvalue weighted by Gasteiger charge is -2.36. The minimum absolute atomic E-state index is 0.191. The Bertz CT molecular complexity index is 1350. The zero-order valence-electron chi connectivity index (χ0n) is 20.0. The minimum Gasteiger partial charge on any atom is -0.367 e. The first-order valence-electron chi connectivity index (χ1n) is 11.7. The highest BCUT2D eigenvalue weighted by molar-refractivity contribution is 7.12. The maximum Gasteiger partial charge on any atom is 0.259 e. The molecule has 176 valence electrons. The summed E-state index contributed by atoms with van der Waals surface area (Å²) in [5, 5.41) is 7.91. The Balaban J connectivity index is 1.50. The Morgan fingerprint density at radius 1 is 1.12 bits per heavy atom. The second kappa shape index (κ2) is 9.19. The molecule has 5 rings (SSSR count). The molecule has 3 aromatic heterocycles. The van der Waals surface area contributed by atoms with E-state index in [0.29, 0.717) is 22.4 Å². The first-order valence-corrected chi connectivity index (χ1v) is 12.5. The van der Waals surface area contributed by atoms with Crippen molar-refractivity contribution in [3.05, 3.63) is 57.4 Å². The van der Waals surface area contributed by atoms with Gasteiger partial charge < -0.3 is 19.6 Å². The lowest BCUT2D eigenvalue weighted by molar-refractivity contribution is 0.102. The molecule has 0 unspecified atom stereocenters. The summed E-state index contributed by atoms with van der Waals surface area (Å²) < 4.78 is 5.49. The average molecular weight is 476 g/mol. The number of nitrogens with zero attached hydrogens (tertiary/aromatic N) is 4.